The van der Waals surface area contributed by atoms with Gasteiger partial charge in [0.1, 0.15) is 0 Å². The highest BCUT2D eigenvalue weighted by Gasteiger charge is 2.38. The molecular weight excluding hydrogens is 238 g/mol. The van der Waals surface area contributed by atoms with Crippen LogP contribution >= 0.6 is 0 Å². The molecule has 1 heterocycles. The van der Waals surface area contributed by atoms with Crippen molar-refractivity contribution in [3.05, 3.63) is 5.53 Å². The maximum absolute atomic E-state index is 11.9. The molecule has 1 aliphatic heterocycles. The van der Waals surface area contributed by atoms with E-state index in [2.05, 4.69) is 9.53 Å². The number of hydrogen-bond donors (Lipinski definition) is 0. The molecule has 1 rings (SSSR count). The first kappa shape index (κ1) is 14.1. The average molecular weight is 253 g/mol. The van der Waals surface area contributed by atoms with Crippen molar-refractivity contribution in [3.63, 3.8) is 0 Å². The summed E-state index contributed by atoms with van der Waals surface area (Å²) in [6.07, 6.45) is 2.50. The number of carbonyl (C=O) groups excluding carboxylic acids is 3. The fourth-order valence-electron chi connectivity index (χ4n) is 1.70. The number of amides is 2. The third kappa shape index (κ3) is 3.24. The van der Waals surface area contributed by atoms with Crippen LogP contribution in [0.2, 0.25) is 0 Å². The van der Waals surface area contributed by atoms with E-state index >= 15 is 0 Å². The van der Waals surface area contributed by atoms with Gasteiger partial charge in [-0.3, -0.25) is 14.5 Å². The minimum absolute atomic E-state index is 0.0546. The largest absolute Gasteiger partial charge is 0.463 e. The number of rotatable bonds is 3. The van der Waals surface area contributed by atoms with Gasteiger partial charge in [0.25, 0.3) is 0 Å². The molecule has 0 saturated carbocycles. The molecule has 0 unspecified atom stereocenters. The molecular formula is C11H15N3O4. The highest BCUT2D eigenvalue weighted by Crippen LogP contribution is 2.11. The molecule has 0 aromatic heterocycles. The van der Waals surface area contributed by atoms with Crippen molar-refractivity contribution in [1.29, 1.82) is 0 Å². The minimum Gasteiger partial charge on any atom is -0.457 e. The zero-order chi connectivity index (χ0) is 13.5. The number of ether oxygens (including phenoxy) is 1. The third-order valence-electron chi connectivity index (χ3n) is 2.59. The zero-order valence-electron chi connectivity index (χ0n) is 10.2. The summed E-state index contributed by atoms with van der Waals surface area (Å²) < 4.78 is 4.58. The Morgan fingerprint density at radius 1 is 1.39 bits per heavy atom. The van der Waals surface area contributed by atoms with E-state index in [-0.39, 0.29) is 25.5 Å². The van der Waals surface area contributed by atoms with Gasteiger partial charge in [-0.25, -0.2) is 4.79 Å². The molecule has 98 valence electrons. The van der Waals surface area contributed by atoms with Crippen molar-refractivity contribution in [2.24, 2.45) is 0 Å². The summed E-state index contributed by atoms with van der Waals surface area (Å²) in [5.41, 5.74) is 7.95. The van der Waals surface area contributed by atoms with Crippen LogP contribution in [0.15, 0.2) is 0 Å². The van der Waals surface area contributed by atoms with Crippen molar-refractivity contribution in [3.8, 4) is 0 Å². The lowest BCUT2D eigenvalue weighted by Gasteiger charge is -2.15. The predicted octanol–water partition coefficient (Wildman–Crippen LogP) is 0.149. The highest BCUT2D eigenvalue weighted by molar-refractivity contribution is 6.62. The molecule has 0 aliphatic carbocycles. The Morgan fingerprint density at radius 2 is 2.11 bits per heavy atom. The van der Waals surface area contributed by atoms with E-state index in [0.29, 0.717) is 12.8 Å². The smallest absolute Gasteiger partial charge is 0.457 e. The molecule has 1 aliphatic rings. The van der Waals surface area contributed by atoms with Gasteiger partial charge in [-0.1, -0.05) is 6.42 Å². The van der Waals surface area contributed by atoms with Crippen molar-refractivity contribution < 1.29 is 23.9 Å². The molecule has 0 atom stereocenters. The summed E-state index contributed by atoms with van der Waals surface area (Å²) in [7, 11) is 0. The van der Waals surface area contributed by atoms with Gasteiger partial charge >= 0.3 is 17.6 Å². The molecule has 0 aromatic rings. The molecule has 18 heavy (non-hydrogen) atoms. The van der Waals surface area contributed by atoms with Gasteiger partial charge in [-0.2, -0.15) is 4.79 Å². The zero-order valence-corrected chi connectivity index (χ0v) is 10.2. The van der Waals surface area contributed by atoms with Crippen molar-refractivity contribution >= 4 is 23.5 Å². The lowest BCUT2D eigenvalue weighted by atomic mass is 10.2. The SMILES string of the molecule is CCOC(=O)C(=[N+]=[N-])C(=O)N1CCCCCC1=O. The van der Waals surface area contributed by atoms with E-state index in [0.717, 1.165) is 11.3 Å². The lowest BCUT2D eigenvalue weighted by molar-refractivity contribution is -0.147. The van der Waals surface area contributed by atoms with Crippen LogP contribution < -0.4 is 0 Å². The first-order chi connectivity index (χ1) is 8.61. The minimum atomic E-state index is -1.03. The summed E-state index contributed by atoms with van der Waals surface area (Å²) in [5, 5.41) is 0. The van der Waals surface area contributed by atoms with Gasteiger partial charge < -0.3 is 10.3 Å². The Kier molecular flexibility index (Phi) is 5.20. The van der Waals surface area contributed by atoms with E-state index in [9.17, 15) is 14.4 Å². The quantitative estimate of drug-likeness (QED) is 0.235. The number of nitrogens with zero attached hydrogens (tertiary/aromatic N) is 3. The Morgan fingerprint density at radius 3 is 2.72 bits per heavy atom. The second-order valence-electron chi connectivity index (χ2n) is 3.83. The molecule has 0 bridgehead atoms. The molecule has 0 aromatic carbocycles. The number of esters is 1. The first-order valence-corrected chi connectivity index (χ1v) is 5.85. The average Bonchev–Trinajstić information content (AvgIpc) is 2.55. The summed E-state index contributed by atoms with van der Waals surface area (Å²) in [5.74, 6) is -2.28. The van der Waals surface area contributed by atoms with Crippen LogP contribution in [0.1, 0.15) is 32.6 Å². The van der Waals surface area contributed by atoms with Gasteiger partial charge in [0, 0.05) is 13.0 Å². The summed E-state index contributed by atoms with van der Waals surface area (Å²) in [6.45, 7) is 1.85. The monoisotopic (exact) mass is 253 g/mol. The Hall–Kier alpha value is -2.01. The standard InChI is InChI=1S/C11H15N3O4/c1-2-18-11(17)9(13-12)10(16)14-7-5-3-4-6-8(14)15/h2-7H2,1H3. The maximum Gasteiger partial charge on any atom is 0.463 e. The Labute approximate surface area is 104 Å². The molecule has 7 heteroatoms. The van der Waals surface area contributed by atoms with Gasteiger partial charge in [0.2, 0.25) is 5.91 Å². The van der Waals surface area contributed by atoms with Crippen LogP contribution in [-0.4, -0.2) is 46.3 Å². The molecule has 1 saturated heterocycles. The van der Waals surface area contributed by atoms with Gasteiger partial charge in [-0.15, -0.1) is 0 Å². The highest BCUT2D eigenvalue weighted by atomic mass is 16.5. The molecule has 0 radical (unpaired) electrons. The lowest BCUT2D eigenvalue weighted by Crippen LogP contribution is -2.44. The fraction of sp³-hybridized carbons (Fsp3) is 0.636. The van der Waals surface area contributed by atoms with Crippen LogP contribution in [0.4, 0.5) is 0 Å². The van der Waals surface area contributed by atoms with Gasteiger partial charge in [0.05, 0.1) is 6.61 Å². The number of hydrogen-bond acceptors (Lipinski definition) is 4. The van der Waals surface area contributed by atoms with E-state index < -0.39 is 17.6 Å². The van der Waals surface area contributed by atoms with E-state index in [1.54, 1.807) is 6.92 Å². The number of carbonyl (C=O) groups is 3. The van der Waals surface area contributed by atoms with Gasteiger partial charge in [-0.05, 0) is 19.8 Å². The normalized spacial score (nSPS) is 15.6. The Bertz CT molecular complexity index is 413. The molecule has 1 fully saturated rings. The summed E-state index contributed by atoms with van der Waals surface area (Å²) >= 11 is 0. The topological polar surface area (TPSA) is 100 Å². The van der Waals surface area contributed by atoms with Crippen molar-refractivity contribution in [2.45, 2.75) is 32.6 Å². The van der Waals surface area contributed by atoms with E-state index in [4.69, 9.17) is 5.53 Å². The van der Waals surface area contributed by atoms with Crippen molar-refractivity contribution in [1.82, 2.24) is 4.90 Å². The summed E-state index contributed by atoms with van der Waals surface area (Å²) in [4.78, 5) is 38.6. The van der Waals surface area contributed by atoms with Gasteiger partial charge in [0.15, 0.2) is 0 Å². The predicted molar refractivity (Wildman–Crippen MR) is 60.4 cm³/mol. The van der Waals surface area contributed by atoms with Crippen LogP contribution in [0, 0.1) is 0 Å². The fourth-order valence-corrected chi connectivity index (χ4v) is 1.70. The second kappa shape index (κ2) is 6.66. The molecule has 2 amide bonds. The van der Waals surface area contributed by atoms with E-state index in [1.165, 1.54) is 0 Å². The molecule has 0 spiro atoms. The molecule has 7 nitrogen and oxygen atoms in total. The maximum atomic E-state index is 11.9. The van der Waals surface area contributed by atoms with Crippen LogP contribution in [-0.2, 0) is 19.1 Å². The van der Waals surface area contributed by atoms with Crippen LogP contribution in [0.5, 0.6) is 0 Å². The second-order valence-corrected chi connectivity index (χ2v) is 3.83. The third-order valence-corrected chi connectivity index (χ3v) is 2.59. The van der Waals surface area contributed by atoms with Crippen LogP contribution in [0.25, 0.3) is 5.53 Å². The van der Waals surface area contributed by atoms with Crippen LogP contribution in [0.3, 0.4) is 0 Å². The number of likely N-dealkylation sites (tertiary alicyclic amines) is 1. The number of imide groups is 1. The van der Waals surface area contributed by atoms with E-state index in [1.807, 2.05) is 0 Å². The summed E-state index contributed by atoms with van der Waals surface area (Å²) in [6, 6.07) is 0. The molecule has 0 N–H and O–H groups in total. The van der Waals surface area contributed by atoms with Crippen molar-refractivity contribution in [2.75, 3.05) is 13.2 Å². The Balaban J connectivity index is 2.86. The first-order valence-electron chi connectivity index (χ1n) is 5.85.